The number of tetrazole rings is 1. The van der Waals surface area contributed by atoms with Gasteiger partial charge in [-0.2, -0.15) is 4.68 Å². The van der Waals surface area contributed by atoms with Gasteiger partial charge in [-0.3, -0.25) is 4.79 Å². The Morgan fingerprint density at radius 3 is 2.54 bits per heavy atom. The molecule has 0 spiro atoms. The summed E-state index contributed by atoms with van der Waals surface area (Å²) in [6, 6.07) is 12.1. The van der Waals surface area contributed by atoms with Crippen molar-refractivity contribution in [2.45, 2.75) is 32.9 Å². The number of benzene rings is 2. The van der Waals surface area contributed by atoms with Crippen LogP contribution in [0.15, 0.2) is 41.6 Å². The zero-order valence-electron chi connectivity index (χ0n) is 15.3. The molecule has 0 unspecified atom stereocenters. The van der Waals surface area contributed by atoms with Crippen molar-refractivity contribution in [2.75, 3.05) is 11.1 Å². The van der Waals surface area contributed by atoms with Gasteiger partial charge in [-0.25, -0.2) is 0 Å². The molecule has 1 amide bonds. The Balaban J connectivity index is 1.72. The summed E-state index contributed by atoms with van der Waals surface area (Å²) in [7, 11) is 0. The highest BCUT2D eigenvalue weighted by Gasteiger charge is 2.14. The van der Waals surface area contributed by atoms with E-state index in [2.05, 4.69) is 20.8 Å². The highest BCUT2D eigenvalue weighted by Crippen LogP contribution is 2.23. The van der Waals surface area contributed by atoms with E-state index >= 15 is 0 Å². The van der Waals surface area contributed by atoms with E-state index < -0.39 is 0 Å². The molecule has 6 nitrogen and oxygen atoms in total. The first-order valence-corrected chi connectivity index (χ1v) is 9.29. The molecule has 0 aliphatic heterocycles. The van der Waals surface area contributed by atoms with E-state index in [1.54, 1.807) is 4.68 Å². The van der Waals surface area contributed by atoms with Crippen molar-refractivity contribution >= 4 is 23.4 Å². The standard InChI is InChI=1S/C19H21N5OS/c1-12-8-9-13(2)16(10-12)24-19(21-22-23-24)26-11-17(25)20-18-14(3)6-5-7-15(18)4/h5-10H,11H2,1-4H3,(H,20,25). The molecule has 0 fully saturated rings. The fourth-order valence-corrected chi connectivity index (χ4v) is 3.37. The van der Waals surface area contributed by atoms with Crippen LogP contribution < -0.4 is 5.32 Å². The molecular formula is C19H21N5OS. The zero-order chi connectivity index (χ0) is 18.7. The largest absolute Gasteiger partial charge is 0.325 e. The summed E-state index contributed by atoms with van der Waals surface area (Å²) in [6.07, 6.45) is 0. The van der Waals surface area contributed by atoms with Crippen molar-refractivity contribution in [3.8, 4) is 5.69 Å². The molecular weight excluding hydrogens is 346 g/mol. The quantitative estimate of drug-likeness (QED) is 0.697. The summed E-state index contributed by atoms with van der Waals surface area (Å²) in [5, 5.41) is 15.5. The Labute approximate surface area is 157 Å². The van der Waals surface area contributed by atoms with Crippen LogP contribution in [0.2, 0.25) is 0 Å². The maximum Gasteiger partial charge on any atom is 0.234 e. The normalized spacial score (nSPS) is 10.8. The molecule has 0 aliphatic carbocycles. The predicted octanol–water partition coefficient (Wildman–Crippen LogP) is 3.63. The Morgan fingerprint density at radius 2 is 1.81 bits per heavy atom. The molecule has 1 N–H and O–H groups in total. The molecule has 0 aliphatic rings. The number of thioether (sulfide) groups is 1. The van der Waals surface area contributed by atoms with E-state index in [0.29, 0.717) is 5.16 Å². The van der Waals surface area contributed by atoms with Gasteiger partial charge in [0.2, 0.25) is 11.1 Å². The highest BCUT2D eigenvalue weighted by molar-refractivity contribution is 7.99. The fraction of sp³-hybridized carbons (Fsp3) is 0.263. The van der Waals surface area contributed by atoms with Crippen LogP contribution in [-0.2, 0) is 4.79 Å². The van der Waals surface area contributed by atoms with Gasteiger partial charge in [0.25, 0.3) is 0 Å². The number of aryl methyl sites for hydroxylation is 4. The number of carbonyl (C=O) groups is 1. The van der Waals surface area contributed by atoms with Gasteiger partial charge in [0.05, 0.1) is 11.4 Å². The SMILES string of the molecule is Cc1ccc(C)c(-n2nnnc2SCC(=O)Nc2c(C)cccc2C)c1. The minimum absolute atomic E-state index is 0.0806. The highest BCUT2D eigenvalue weighted by atomic mass is 32.2. The molecule has 1 heterocycles. The Morgan fingerprint density at radius 1 is 1.08 bits per heavy atom. The minimum atomic E-state index is -0.0806. The summed E-state index contributed by atoms with van der Waals surface area (Å²) in [5.74, 6) is 0.154. The van der Waals surface area contributed by atoms with Crippen molar-refractivity contribution in [1.82, 2.24) is 20.2 Å². The van der Waals surface area contributed by atoms with E-state index in [1.807, 2.05) is 64.1 Å². The van der Waals surface area contributed by atoms with Crippen molar-refractivity contribution < 1.29 is 4.79 Å². The molecule has 1 aromatic heterocycles. The van der Waals surface area contributed by atoms with Crippen LogP contribution >= 0.6 is 11.8 Å². The molecule has 0 atom stereocenters. The minimum Gasteiger partial charge on any atom is -0.325 e. The maximum absolute atomic E-state index is 12.4. The third kappa shape index (κ3) is 3.94. The lowest BCUT2D eigenvalue weighted by atomic mass is 10.1. The van der Waals surface area contributed by atoms with E-state index in [9.17, 15) is 4.79 Å². The molecule has 3 rings (SSSR count). The molecule has 0 saturated heterocycles. The van der Waals surface area contributed by atoms with Crippen LogP contribution in [0.1, 0.15) is 22.3 Å². The van der Waals surface area contributed by atoms with Crippen molar-refractivity contribution in [3.05, 3.63) is 58.7 Å². The zero-order valence-corrected chi connectivity index (χ0v) is 16.1. The van der Waals surface area contributed by atoms with Gasteiger partial charge in [-0.05, 0) is 66.4 Å². The van der Waals surface area contributed by atoms with Gasteiger partial charge < -0.3 is 5.32 Å². The third-order valence-corrected chi connectivity index (χ3v) is 5.03. The average molecular weight is 367 g/mol. The Kier molecular flexibility index (Phi) is 5.37. The smallest absolute Gasteiger partial charge is 0.234 e. The lowest BCUT2D eigenvalue weighted by molar-refractivity contribution is -0.113. The lowest BCUT2D eigenvalue weighted by Crippen LogP contribution is -2.16. The summed E-state index contributed by atoms with van der Waals surface area (Å²) in [5.41, 5.74) is 6.08. The second-order valence-electron chi connectivity index (χ2n) is 6.27. The van der Waals surface area contributed by atoms with E-state index in [1.165, 1.54) is 11.8 Å². The van der Waals surface area contributed by atoms with Gasteiger partial charge in [0, 0.05) is 5.69 Å². The number of nitrogens with one attached hydrogen (secondary N) is 1. The van der Waals surface area contributed by atoms with Gasteiger partial charge >= 0.3 is 0 Å². The van der Waals surface area contributed by atoms with Crippen LogP contribution in [-0.4, -0.2) is 31.9 Å². The van der Waals surface area contributed by atoms with Gasteiger partial charge in [0.1, 0.15) is 0 Å². The number of rotatable bonds is 5. The molecule has 3 aromatic rings. The molecule has 134 valence electrons. The first-order chi connectivity index (χ1) is 12.5. The van der Waals surface area contributed by atoms with Gasteiger partial charge in [-0.1, -0.05) is 42.1 Å². The molecule has 0 radical (unpaired) electrons. The van der Waals surface area contributed by atoms with Crippen LogP contribution in [0, 0.1) is 27.7 Å². The second kappa shape index (κ2) is 7.70. The van der Waals surface area contributed by atoms with E-state index in [4.69, 9.17) is 0 Å². The lowest BCUT2D eigenvalue weighted by Gasteiger charge is -2.11. The predicted molar refractivity (Wildman–Crippen MR) is 104 cm³/mol. The molecule has 26 heavy (non-hydrogen) atoms. The number of aromatic nitrogens is 4. The topological polar surface area (TPSA) is 72.7 Å². The number of carbonyl (C=O) groups excluding carboxylic acids is 1. The Bertz CT molecular complexity index is 931. The first kappa shape index (κ1) is 18.1. The van der Waals surface area contributed by atoms with Gasteiger partial charge in [0.15, 0.2) is 0 Å². The number of amides is 1. The number of hydrogen-bond donors (Lipinski definition) is 1. The third-order valence-electron chi connectivity index (χ3n) is 4.11. The van der Waals surface area contributed by atoms with E-state index in [-0.39, 0.29) is 11.7 Å². The monoisotopic (exact) mass is 367 g/mol. The van der Waals surface area contributed by atoms with Crippen molar-refractivity contribution in [1.29, 1.82) is 0 Å². The number of para-hydroxylation sites is 1. The number of anilines is 1. The maximum atomic E-state index is 12.4. The van der Waals surface area contributed by atoms with Crippen LogP contribution in [0.5, 0.6) is 0 Å². The first-order valence-electron chi connectivity index (χ1n) is 8.30. The van der Waals surface area contributed by atoms with E-state index in [0.717, 1.165) is 33.6 Å². The summed E-state index contributed by atoms with van der Waals surface area (Å²) in [6.45, 7) is 8.00. The fourth-order valence-electron chi connectivity index (χ4n) is 2.68. The van der Waals surface area contributed by atoms with Crippen LogP contribution in [0.4, 0.5) is 5.69 Å². The number of nitrogens with zero attached hydrogens (tertiary/aromatic N) is 4. The molecule has 0 saturated carbocycles. The van der Waals surface area contributed by atoms with Crippen LogP contribution in [0.25, 0.3) is 5.69 Å². The average Bonchev–Trinajstić information content (AvgIpc) is 3.07. The van der Waals surface area contributed by atoms with Crippen molar-refractivity contribution in [2.24, 2.45) is 0 Å². The molecule has 7 heteroatoms. The summed E-state index contributed by atoms with van der Waals surface area (Å²) < 4.78 is 1.68. The molecule has 0 bridgehead atoms. The molecule has 2 aromatic carbocycles. The summed E-state index contributed by atoms with van der Waals surface area (Å²) >= 11 is 1.32. The summed E-state index contributed by atoms with van der Waals surface area (Å²) in [4.78, 5) is 12.4. The number of hydrogen-bond acceptors (Lipinski definition) is 5. The van der Waals surface area contributed by atoms with Crippen molar-refractivity contribution in [3.63, 3.8) is 0 Å². The van der Waals surface area contributed by atoms with Gasteiger partial charge in [-0.15, -0.1) is 5.10 Å². The Hall–Kier alpha value is -2.67. The van der Waals surface area contributed by atoms with Crippen LogP contribution in [0.3, 0.4) is 0 Å². The second-order valence-corrected chi connectivity index (χ2v) is 7.21.